The van der Waals surface area contributed by atoms with Crippen LogP contribution in [0.2, 0.25) is 0 Å². The van der Waals surface area contributed by atoms with Gasteiger partial charge in [-0.25, -0.2) is 0 Å². The molecule has 1 aliphatic heterocycles. The van der Waals surface area contributed by atoms with Gasteiger partial charge in [-0.1, -0.05) is 26.0 Å². The Balaban J connectivity index is 1.73. The maximum absolute atomic E-state index is 13.1. The second-order valence-corrected chi connectivity index (χ2v) is 9.89. The predicted octanol–water partition coefficient (Wildman–Crippen LogP) is 3.36. The van der Waals surface area contributed by atoms with Crippen molar-refractivity contribution in [1.82, 2.24) is 4.90 Å². The van der Waals surface area contributed by atoms with Crippen LogP contribution in [0.4, 0.5) is 5.69 Å². The van der Waals surface area contributed by atoms with Crippen molar-refractivity contribution in [2.24, 2.45) is 11.1 Å². The van der Waals surface area contributed by atoms with E-state index in [1.807, 2.05) is 25.1 Å². The Morgan fingerprint density at radius 3 is 2.66 bits per heavy atom. The van der Waals surface area contributed by atoms with Gasteiger partial charge < -0.3 is 20.5 Å². The van der Waals surface area contributed by atoms with E-state index < -0.39 is 0 Å². The Labute approximate surface area is 191 Å². The molecule has 0 radical (unpaired) electrons. The highest BCUT2D eigenvalue weighted by molar-refractivity contribution is 5.87. The summed E-state index contributed by atoms with van der Waals surface area (Å²) in [4.78, 5) is 17.6. The maximum atomic E-state index is 13.1. The Morgan fingerprint density at radius 1 is 1.22 bits per heavy atom. The summed E-state index contributed by atoms with van der Waals surface area (Å²) in [5.41, 5.74) is 11.1. The largest absolute Gasteiger partial charge is 0.507 e. The summed E-state index contributed by atoms with van der Waals surface area (Å²) in [6.45, 7) is 10.6. The number of carbonyl (C=O) groups is 1. The van der Waals surface area contributed by atoms with Crippen molar-refractivity contribution in [3.05, 3.63) is 52.6 Å². The molecule has 172 valence electrons. The average Bonchev–Trinajstić information content (AvgIpc) is 3.08. The van der Waals surface area contributed by atoms with Gasteiger partial charge in [-0.2, -0.15) is 0 Å². The number of benzene rings is 2. The van der Waals surface area contributed by atoms with Crippen molar-refractivity contribution < 1.29 is 14.6 Å². The number of methoxy groups -OCH3 is 1. The van der Waals surface area contributed by atoms with Crippen molar-refractivity contribution >= 4 is 11.5 Å². The van der Waals surface area contributed by atoms with Gasteiger partial charge in [0.1, 0.15) is 11.5 Å². The van der Waals surface area contributed by atoms with Crippen LogP contribution in [0.25, 0.3) is 0 Å². The standard InChI is InChI=1S/C26H35N3O3/c1-16-11-17(2)24(31)23-20(16)13-26(3,4)25(23)29-10-9-28(15-21(29)22(30)14-27)18-7-6-8-19(12-18)32-5/h6-8,11-12,21,25,31H,9-10,13-15,27H2,1-5H3. The summed E-state index contributed by atoms with van der Waals surface area (Å²) in [5, 5.41) is 11.1. The molecule has 32 heavy (non-hydrogen) atoms. The number of aryl methyl sites for hydroxylation is 2. The molecule has 6 nitrogen and oxygen atoms in total. The van der Waals surface area contributed by atoms with Crippen molar-refractivity contribution in [3.8, 4) is 11.5 Å². The first-order valence-electron chi connectivity index (χ1n) is 11.4. The lowest BCUT2D eigenvalue weighted by Gasteiger charge is -2.48. The minimum atomic E-state index is -0.338. The first-order chi connectivity index (χ1) is 15.2. The summed E-state index contributed by atoms with van der Waals surface area (Å²) in [5.74, 6) is 1.20. The van der Waals surface area contributed by atoms with E-state index in [2.05, 4.69) is 42.7 Å². The quantitative estimate of drug-likeness (QED) is 0.747. The predicted molar refractivity (Wildman–Crippen MR) is 128 cm³/mol. The average molecular weight is 438 g/mol. The Morgan fingerprint density at radius 2 is 1.97 bits per heavy atom. The topological polar surface area (TPSA) is 79.0 Å². The Kier molecular flexibility index (Phi) is 5.94. The fraction of sp³-hybridized carbons (Fsp3) is 0.500. The van der Waals surface area contributed by atoms with Gasteiger partial charge >= 0.3 is 0 Å². The molecular weight excluding hydrogens is 402 g/mol. The molecule has 1 saturated heterocycles. The highest BCUT2D eigenvalue weighted by Crippen LogP contribution is 2.54. The smallest absolute Gasteiger partial charge is 0.165 e. The van der Waals surface area contributed by atoms with E-state index in [0.717, 1.165) is 35.5 Å². The second-order valence-electron chi connectivity index (χ2n) is 9.89. The molecule has 6 heteroatoms. The number of nitrogens with two attached hydrogens (primary N) is 1. The SMILES string of the molecule is COc1cccc(N2CCN(C3c4c(O)c(C)cc(C)c4CC3(C)C)C(C(=O)CN)C2)c1. The van der Waals surface area contributed by atoms with E-state index >= 15 is 0 Å². The molecule has 1 heterocycles. The van der Waals surface area contributed by atoms with Gasteiger partial charge in [-0.05, 0) is 54.5 Å². The number of aromatic hydroxyl groups is 1. The second kappa shape index (κ2) is 8.41. The van der Waals surface area contributed by atoms with Gasteiger partial charge in [0.25, 0.3) is 0 Å². The summed E-state index contributed by atoms with van der Waals surface area (Å²) in [7, 11) is 1.66. The van der Waals surface area contributed by atoms with Gasteiger partial charge in [0.05, 0.1) is 19.7 Å². The van der Waals surface area contributed by atoms with E-state index in [1.165, 1.54) is 11.1 Å². The molecule has 2 aromatic rings. The highest BCUT2D eigenvalue weighted by Gasteiger charge is 2.49. The minimum Gasteiger partial charge on any atom is -0.507 e. The van der Waals surface area contributed by atoms with Crippen LogP contribution in [-0.4, -0.2) is 55.1 Å². The van der Waals surface area contributed by atoms with Crippen molar-refractivity contribution in [3.63, 3.8) is 0 Å². The molecule has 2 aliphatic rings. The molecule has 0 saturated carbocycles. The van der Waals surface area contributed by atoms with Crippen molar-refractivity contribution in [2.45, 2.75) is 46.2 Å². The minimum absolute atomic E-state index is 0.00590. The van der Waals surface area contributed by atoms with E-state index in [9.17, 15) is 9.90 Å². The number of hydrogen-bond acceptors (Lipinski definition) is 6. The van der Waals surface area contributed by atoms with E-state index in [1.54, 1.807) is 7.11 Å². The normalized spacial score (nSPS) is 22.6. The van der Waals surface area contributed by atoms with Gasteiger partial charge in [0, 0.05) is 43.0 Å². The van der Waals surface area contributed by atoms with Gasteiger partial charge in [0.15, 0.2) is 5.78 Å². The van der Waals surface area contributed by atoms with Gasteiger partial charge in [-0.15, -0.1) is 0 Å². The third-order valence-electron chi connectivity index (χ3n) is 7.25. The number of hydrogen-bond donors (Lipinski definition) is 2. The first-order valence-corrected chi connectivity index (χ1v) is 11.4. The molecule has 4 rings (SSSR count). The molecule has 2 atom stereocenters. The third-order valence-corrected chi connectivity index (χ3v) is 7.25. The number of phenols is 1. The molecule has 0 bridgehead atoms. The molecule has 1 fully saturated rings. The highest BCUT2D eigenvalue weighted by atomic mass is 16.5. The number of fused-ring (bicyclic) bond motifs is 1. The monoisotopic (exact) mass is 437 g/mol. The number of anilines is 1. The number of ketones is 1. The van der Waals surface area contributed by atoms with E-state index in [-0.39, 0.29) is 29.8 Å². The number of piperazine rings is 1. The molecule has 2 unspecified atom stereocenters. The van der Waals surface area contributed by atoms with Gasteiger partial charge in [-0.3, -0.25) is 9.69 Å². The van der Waals surface area contributed by atoms with Crippen molar-refractivity contribution in [2.75, 3.05) is 38.2 Å². The van der Waals surface area contributed by atoms with Crippen molar-refractivity contribution in [1.29, 1.82) is 0 Å². The molecule has 2 aromatic carbocycles. The van der Waals surface area contributed by atoms with Crippen LogP contribution in [0.1, 0.15) is 42.1 Å². The number of rotatable bonds is 5. The number of phenolic OH excluding ortho intramolecular Hbond substituents is 1. The van der Waals surface area contributed by atoms with Crippen LogP contribution in [0.5, 0.6) is 11.5 Å². The van der Waals surface area contributed by atoms with Crippen LogP contribution < -0.4 is 15.4 Å². The zero-order valence-corrected chi connectivity index (χ0v) is 19.8. The van der Waals surface area contributed by atoms with E-state index in [4.69, 9.17) is 10.5 Å². The lowest BCUT2D eigenvalue weighted by molar-refractivity contribution is -0.125. The molecule has 0 spiro atoms. The third kappa shape index (κ3) is 3.76. The maximum Gasteiger partial charge on any atom is 0.165 e. The van der Waals surface area contributed by atoms with Crippen LogP contribution in [-0.2, 0) is 11.2 Å². The van der Waals surface area contributed by atoms with Gasteiger partial charge in [0.2, 0.25) is 0 Å². The molecule has 1 aliphatic carbocycles. The molecule has 3 N–H and O–H groups in total. The summed E-state index contributed by atoms with van der Waals surface area (Å²) in [6, 6.07) is 9.64. The Hall–Kier alpha value is -2.57. The number of carbonyl (C=O) groups excluding carboxylic acids is 1. The lowest BCUT2D eigenvalue weighted by Crippen LogP contribution is -2.59. The fourth-order valence-corrected chi connectivity index (χ4v) is 5.71. The van der Waals surface area contributed by atoms with Crippen LogP contribution >= 0.6 is 0 Å². The zero-order valence-electron chi connectivity index (χ0n) is 19.8. The molecular formula is C26H35N3O3. The summed E-state index contributed by atoms with van der Waals surface area (Å²) >= 11 is 0. The summed E-state index contributed by atoms with van der Waals surface area (Å²) in [6.07, 6.45) is 0.881. The zero-order chi connectivity index (χ0) is 23.2. The van der Waals surface area contributed by atoms with Crippen LogP contribution in [0, 0.1) is 19.3 Å². The van der Waals surface area contributed by atoms with Crippen LogP contribution in [0.3, 0.4) is 0 Å². The molecule has 0 amide bonds. The number of ether oxygens (including phenoxy) is 1. The first kappa shape index (κ1) is 22.6. The lowest BCUT2D eigenvalue weighted by atomic mass is 9.82. The fourth-order valence-electron chi connectivity index (χ4n) is 5.71. The number of nitrogens with zero attached hydrogens (tertiary/aromatic N) is 2. The summed E-state index contributed by atoms with van der Waals surface area (Å²) < 4.78 is 5.39. The molecule has 0 aromatic heterocycles. The van der Waals surface area contributed by atoms with E-state index in [0.29, 0.717) is 18.8 Å². The van der Waals surface area contributed by atoms with Crippen LogP contribution in [0.15, 0.2) is 30.3 Å². The Bertz CT molecular complexity index is 1030. The number of Topliss-reactive ketones (excluding diaryl/α,β-unsaturated/α-hetero) is 1.